The summed E-state index contributed by atoms with van der Waals surface area (Å²) in [6, 6.07) is 73.1. The van der Waals surface area contributed by atoms with Gasteiger partial charge in [0.15, 0.2) is 0 Å². The monoisotopic (exact) mass is 785 g/mol. The lowest BCUT2D eigenvalue weighted by Crippen LogP contribution is -2.16. The van der Waals surface area contributed by atoms with Crippen LogP contribution in [0.5, 0.6) is 0 Å². The molecule has 2 aromatic heterocycles. The molecule has 0 aliphatic heterocycles. The Morgan fingerprint density at radius 3 is 1.77 bits per heavy atom. The Balaban J connectivity index is 0.992. The standard InChI is InChI=1S/C57H39NOS/c1-57(2)51-17-9-6-14-44(51)45-30-29-43(35-52(45)57)58(41-25-20-37(21-26-41)36-12-4-3-5-13-36)42-27-22-38(23-28-42)40-33-48(56-50(34-40)46-15-7-10-18-53(46)59-56)39-24-31-55-49(32-39)47-16-8-11-19-54(47)60-55/h3-35H,1-2H3. The minimum Gasteiger partial charge on any atom is -0.455 e. The Bertz CT molecular complexity index is 3440. The maximum absolute atomic E-state index is 6.66. The topological polar surface area (TPSA) is 16.4 Å². The molecule has 60 heavy (non-hydrogen) atoms. The van der Waals surface area contributed by atoms with Gasteiger partial charge in [-0.05, 0) is 123 Å². The van der Waals surface area contributed by atoms with E-state index in [1.807, 2.05) is 11.3 Å². The molecule has 0 radical (unpaired) electrons. The van der Waals surface area contributed by atoms with E-state index in [0.29, 0.717) is 0 Å². The predicted molar refractivity (Wildman–Crippen MR) is 255 cm³/mol. The predicted octanol–water partition coefficient (Wildman–Crippen LogP) is 16.7. The first-order valence-electron chi connectivity index (χ1n) is 20.7. The molecule has 0 amide bonds. The quantitative estimate of drug-likeness (QED) is 0.167. The van der Waals surface area contributed by atoms with E-state index >= 15 is 0 Å². The number of para-hydroxylation sites is 1. The van der Waals surface area contributed by atoms with Gasteiger partial charge in [0.25, 0.3) is 0 Å². The Hall–Kier alpha value is -7.20. The van der Waals surface area contributed by atoms with Gasteiger partial charge in [-0.2, -0.15) is 0 Å². The molecule has 12 rings (SSSR count). The first-order chi connectivity index (χ1) is 29.5. The molecule has 0 saturated heterocycles. The van der Waals surface area contributed by atoms with Crippen molar-refractivity contribution in [2.45, 2.75) is 19.3 Å². The van der Waals surface area contributed by atoms with Crippen molar-refractivity contribution < 1.29 is 4.42 Å². The van der Waals surface area contributed by atoms with Crippen LogP contribution in [0.1, 0.15) is 25.0 Å². The molecular weight excluding hydrogens is 747 g/mol. The molecule has 0 saturated carbocycles. The molecule has 0 atom stereocenters. The smallest absolute Gasteiger partial charge is 0.143 e. The molecule has 2 heterocycles. The van der Waals surface area contributed by atoms with Crippen LogP contribution in [0.2, 0.25) is 0 Å². The van der Waals surface area contributed by atoms with Crippen LogP contribution in [0.15, 0.2) is 205 Å². The first-order valence-corrected chi connectivity index (χ1v) is 21.5. The van der Waals surface area contributed by atoms with Crippen molar-refractivity contribution in [1.29, 1.82) is 0 Å². The fourth-order valence-corrected chi connectivity index (χ4v) is 10.7. The molecule has 9 aromatic carbocycles. The van der Waals surface area contributed by atoms with Crippen LogP contribution >= 0.6 is 11.3 Å². The van der Waals surface area contributed by atoms with Crippen LogP contribution in [0.25, 0.3) is 86.6 Å². The van der Waals surface area contributed by atoms with Crippen molar-refractivity contribution in [2.24, 2.45) is 0 Å². The fraction of sp³-hybridized carbons (Fsp3) is 0.0526. The molecule has 0 fully saturated rings. The highest BCUT2D eigenvalue weighted by molar-refractivity contribution is 7.25. The first kappa shape index (κ1) is 34.8. The number of rotatable bonds is 6. The van der Waals surface area contributed by atoms with E-state index in [9.17, 15) is 0 Å². The minimum absolute atomic E-state index is 0.108. The highest BCUT2D eigenvalue weighted by atomic mass is 32.1. The zero-order valence-electron chi connectivity index (χ0n) is 33.3. The van der Waals surface area contributed by atoms with Gasteiger partial charge in [-0.25, -0.2) is 0 Å². The van der Waals surface area contributed by atoms with Crippen LogP contribution in [0.4, 0.5) is 17.1 Å². The number of thiophene rings is 1. The molecule has 284 valence electrons. The highest BCUT2D eigenvalue weighted by Gasteiger charge is 2.35. The average molecular weight is 786 g/mol. The summed E-state index contributed by atoms with van der Waals surface area (Å²) < 4.78 is 9.26. The van der Waals surface area contributed by atoms with Gasteiger partial charge in [-0.3, -0.25) is 0 Å². The van der Waals surface area contributed by atoms with Gasteiger partial charge in [0, 0.05) is 59.0 Å². The zero-order chi connectivity index (χ0) is 40.0. The lowest BCUT2D eigenvalue weighted by molar-refractivity contribution is 0.660. The van der Waals surface area contributed by atoms with E-state index in [0.717, 1.165) is 61.3 Å². The molecule has 1 aliphatic rings. The number of benzene rings is 9. The summed E-state index contributed by atoms with van der Waals surface area (Å²) in [5.74, 6) is 0. The Morgan fingerprint density at radius 1 is 0.383 bits per heavy atom. The van der Waals surface area contributed by atoms with E-state index in [-0.39, 0.29) is 5.41 Å². The summed E-state index contributed by atoms with van der Waals surface area (Å²) >= 11 is 1.85. The van der Waals surface area contributed by atoms with Crippen molar-refractivity contribution in [1.82, 2.24) is 0 Å². The lowest BCUT2D eigenvalue weighted by Gasteiger charge is -2.28. The van der Waals surface area contributed by atoms with Crippen molar-refractivity contribution in [3.63, 3.8) is 0 Å². The van der Waals surface area contributed by atoms with Crippen LogP contribution in [0, 0.1) is 0 Å². The van der Waals surface area contributed by atoms with Gasteiger partial charge in [0.05, 0.1) is 0 Å². The molecule has 2 nitrogen and oxygen atoms in total. The number of hydrogen-bond acceptors (Lipinski definition) is 3. The molecule has 0 spiro atoms. The third-order valence-corrected chi connectivity index (χ3v) is 13.8. The van der Waals surface area contributed by atoms with E-state index < -0.39 is 0 Å². The number of fused-ring (bicyclic) bond motifs is 9. The summed E-state index contributed by atoms with van der Waals surface area (Å²) in [5, 5.41) is 4.82. The van der Waals surface area contributed by atoms with E-state index in [4.69, 9.17) is 4.42 Å². The maximum atomic E-state index is 6.66. The van der Waals surface area contributed by atoms with E-state index in [1.165, 1.54) is 53.6 Å². The second-order valence-electron chi connectivity index (χ2n) is 16.5. The maximum Gasteiger partial charge on any atom is 0.143 e. The second-order valence-corrected chi connectivity index (χ2v) is 17.6. The summed E-state index contributed by atoms with van der Waals surface area (Å²) in [6.45, 7) is 4.70. The molecule has 0 bridgehead atoms. The summed E-state index contributed by atoms with van der Waals surface area (Å²) in [6.07, 6.45) is 0. The average Bonchev–Trinajstić information content (AvgIpc) is 3.94. The van der Waals surface area contributed by atoms with Gasteiger partial charge in [0.2, 0.25) is 0 Å². The van der Waals surface area contributed by atoms with Crippen LogP contribution < -0.4 is 4.90 Å². The van der Waals surface area contributed by atoms with Crippen molar-refractivity contribution in [3.05, 3.63) is 211 Å². The van der Waals surface area contributed by atoms with Crippen LogP contribution in [0.3, 0.4) is 0 Å². The highest BCUT2D eigenvalue weighted by Crippen LogP contribution is 2.51. The Morgan fingerprint density at radius 2 is 0.967 bits per heavy atom. The summed E-state index contributed by atoms with van der Waals surface area (Å²) in [5.41, 5.74) is 17.4. The molecule has 1 aliphatic carbocycles. The van der Waals surface area contributed by atoms with Gasteiger partial charge in [0.1, 0.15) is 11.2 Å². The van der Waals surface area contributed by atoms with E-state index in [2.05, 4.69) is 219 Å². The number of furan rings is 1. The lowest BCUT2D eigenvalue weighted by atomic mass is 9.82. The Labute approximate surface area is 353 Å². The third-order valence-electron chi connectivity index (χ3n) is 12.7. The third kappa shape index (κ3) is 5.47. The minimum atomic E-state index is -0.108. The SMILES string of the molecule is CC1(C)c2ccccc2-c2ccc(N(c3ccc(-c4ccccc4)cc3)c3ccc(-c4cc(-c5ccc6sc7ccccc7c6c5)c5oc6ccccc6c5c4)cc3)cc21. The van der Waals surface area contributed by atoms with Crippen LogP contribution in [-0.2, 0) is 5.41 Å². The van der Waals surface area contributed by atoms with Gasteiger partial charge >= 0.3 is 0 Å². The van der Waals surface area contributed by atoms with Crippen molar-refractivity contribution in [2.75, 3.05) is 4.90 Å². The number of hydrogen-bond donors (Lipinski definition) is 0. The van der Waals surface area contributed by atoms with Crippen molar-refractivity contribution >= 4 is 70.5 Å². The molecule has 11 aromatic rings. The number of nitrogens with zero attached hydrogens (tertiary/aromatic N) is 1. The zero-order valence-corrected chi connectivity index (χ0v) is 34.1. The molecule has 0 N–H and O–H groups in total. The van der Waals surface area contributed by atoms with Gasteiger partial charge in [-0.15, -0.1) is 11.3 Å². The summed E-state index contributed by atoms with van der Waals surface area (Å²) in [7, 11) is 0. The molecular formula is C57H39NOS. The number of anilines is 3. The fourth-order valence-electron chi connectivity index (χ4n) is 9.62. The van der Waals surface area contributed by atoms with Gasteiger partial charge < -0.3 is 9.32 Å². The normalized spacial score (nSPS) is 13.0. The van der Waals surface area contributed by atoms with Crippen LogP contribution in [-0.4, -0.2) is 0 Å². The molecule has 3 heteroatoms. The van der Waals surface area contributed by atoms with Crippen molar-refractivity contribution in [3.8, 4) is 44.5 Å². The molecule has 0 unspecified atom stereocenters. The van der Waals surface area contributed by atoms with E-state index in [1.54, 1.807) is 0 Å². The second kappa shape index (κ2) is 13.4. The largest absolute Gasteiger partial charge is 0.455 e. The summed E-state index contributed by atoms with van der Waals surface area (Å²) in [4.78, 5) is 2.40. The van der Waals surface area contributed by atoms with Gasteiger partial charge in [-0.1, -0.05) is 141 Å². The Kier molecular flexibility index (Phi) is 7.79.